The van der Waals surface area contributed by atoms with E-state index in [1.54, 1.807) is 12.1 Å². The third-order valence-electron chi connectivity index (χ3n) is 1.19. The van der Waals surface area contributed by atoms with E-state index in [1.165, 1.54) is 0 Å². The highest BCUT2D eigenvalue weighted by molar-refractivity contribution is 14.1. The van der Waals surface area contributed by atoms with E-state index in [1.807, 2.05) is 22.3 Å². The van der Waals surface area contributed by atoms with Crippen molar-refractivity contribution < 1.29 is 5.11 Å². The molecule has 0 saturated carbocycles. The maximum atomic E-state index is 9.03. The number of anilines is 1. The number of hydrogen-bond acceptors (Lipinski definition) is 2. The summed E-state index contributed by atoms with van der Waals surface area (Å²) in [5.74, 6) is 0.306. The maximum absolute atomic E-state index is 9.03. The van der Waals surface area contributed by atoms with Crippen LogP contribution in [0.4, 0.5) is 5.69 Å². The molecule has 0 bridgehead atoms. The van der Waals surface area contributed by atoms with E-state index in [9.17, 15) is 0 Å². The SMILES string of the molecule is CN(I)c1cccc(O)c1. The Morgan fingerprint density at radius 2 is 2.20 bits per heavy atom. The van der Waals surface area contributed by atoms with E-state index < -0.39 is 0 Å². The van der Waals surface area contributed by atoms with Crippen LogP contribution in [0.3, 0.4) is 0 Å². The lowest BCUT2D eigenvalue weighted by molar-refractivity contribution is 0.475. The minimum absolute atomic E-state index is 0.306. The molecule has 3 heteroatoms. The van der Waals surface area contributed by atoms with Crippen LogP contribution in [0.5, 0.6) is 5.75 Å². The van der Waals surface area contributed by atoms with Gasteiger partial charge in [0.1, 0.15) is 5.75 Å². The second-order valence-electron chi connectivity index (χ2n) is 2.00. The highest BCUT2D eigenvalue weighted by Gasteiger charge is 1.94. The van der Waals surface area contributed by atoms with Crippen molar-refractivity contribution in [2.75, 3.05) is 10.2 Å². The van der Waals surface area contributed by atoms with Crippen LogP contribution in [0.1, 0.15) is 0 Å². The van der Waals surface area contributed by atoms with E-state index in [0.29, 0.717) is 5.75 Å². The first-order valence-electron chi connectivity index (χ1n) is 2.88. The summed E-state index contributed by atoms with van der Waals surface area (Å²) >= 11 is 2.15. The van der Waals surface area contributed by atoms with Crippen LogP contribution in [0.2, 0.25) is 0 Å². The molecule has 0 unspecified atom stereocenters. The summed E-state index contributed by atoms with van der Waals surface area (Å²) in [6.07, 6.45) is 0. The second kappa shape index (κ2) is 3.09. The van der Waals surface area contributed by atoms with E-state index in [-0.39, 0.29) is 0 Å². The van der Waals surface area contributed by atoms with Crippen molar-refractivity contribution in [3.05, 3.63) is 24.3 Å². The summed E-state index contributed by atoms with van der Waals surface area (Å²) in [6, 6.07) is 7.13. The van der Waals surface area contributed by atoms with Crippen LogP contribution in [0, 0.1) is 0 Å². The Hall–Kier alpha value is -0.450. The smallest absolute Gasteiger partial charge is 0.117 e. The Morgan fingerprint density at radius 1 is 1.50 bits per heavy atom. The highest BCUT2D eigenvalue weighted by Crippen LogP contribution is 2.20. The average molecular weight is 249 g/mol. The van der Waals surface area contributed by atoms with Gasteiger partial charge >= 0.3 is 0 Å². The lowest BCUT2D eigenvalue weighted by Crippen LogP contribution is -1.97. The summed E-state index contributed by atoms with van der Waals surface area (Å²) in [6.45, 7) is 0. The predicted molar refractivity (Wildman–Crippen MR) is 50.5 cm³/mol. The Labute approximate surface area is 74.0 Å². The lowest BCUT2D eigenvalue weighted by atomic mass is 10.3. The van der Waals surface area contributed by atoms with Gasteiger partial charge < -0.3 is 8.22 Å². The molecule has 0 atom stereocenters. The van der Waals surface area contributed by atoms with E-state index in [4.69, 9.17) is 5.11 Å². The molecule has 0 radical (unpaired) electrons. The molecule has 1 aromatic carbocycles. The van der Waals surface area contributed by atoms with Crippen molar-refractivity contribution in [1.29, 1.82) is 0 Å². The molecule has 0 fully saturated rings. The van der Waals surface area contributed by atoms with E-state index in [0.717, 1.165) is 5.69 Å². The Morgan fingerprint density at radius 3 is 2.60 bits per heavy atom. The van der Waals surface area contributed by atoms with Gasteiger partial charge in [-0.3, -0.25) is 0 Å². The van der Waals surface area contributed by atoms with Gasteiger partial charge in [-0.15, -0.1) is 0 Å². The lowest BCUT2D eigenvalue weighted by Gasteiger charge is -2.08. The van der Waals surface area contributed by atoms with Crippen LogP contribution in [-0.4, -0.2) is 12.2 Å². The third-order valence-corrected chi connectivity index (χ3v) is 1.74. The standard InChI is InChI=1S/C7H8INO/c1-9(8)6-3-2-4-7(10)5-6/h2-5,10H,1H3. The fourth-order valence-electron chi connectivity index (χ4n) is 0.685. The number of nitrogens with zero attached hydrogens (tertiary/aromatic N) is 1. The summed E-state index contributed by atoms with van der Waals surface area (Å²) in [7, 11) is 1.93. The van der Waals surface area contributed by atoms with Gasteiger partial charge in [-0.1, -0.05) is 6.07 Å². The van der Waals surface area contributed by atoms with Gasteiger partial charge in [0, 0.05) is 18.8 Å². The van der Waals surface area contributed by atoms with Gasteiger partial charge in [0.2, 0.25) is 0 Å². The van der Waals surface area contributed by atoms with Crippen LogP contribution in [0.25, 0.3) is 0 Å². The summed E-state index contributed by atoms with van der Waals surface area (Å²) in [5.41, 5.74) is 1.00. The first-order chi connectivity index (χ1) is 4.70. The molecule has 2 nitrogen and oxygen atoms in total. The molecular weight excluding hydrogens is 241 g/mol. The monoisotopic (exact) mass is 249 g/mol. The molecule has 0 saturated heterocycles. The van der Waals surface area contributed by atoms with Gasteiger partial charge in [0.15, 0.2) is 0 Å². The maximum Gasteiger partial charge on any atom is 0.117 e. The average Bonchev–Trinajstić information content (AvgIpc) is 1.88. The molecule has 0 aliphatic carbocycles. The molecule has 0 aliphatic heterocycles. The molecule has 1 N–H and O–H groups in total. The molecule has 0 aromatic heterocycles. The largest absolute Gasteiger partial charge is 0.508 e. The van der Waals surface area contributed by atoms with Gasteiger partial charge in [0.05, 0.1) is 22.9 Å². The Kier molecular flexibility index (Phi) is 2.37. The minimum Gasteiger partial charge on any atom is -0.508 e. The van der Waals surface area contributed by atoms with Crippen molar-refractivity contribution in [3.63, 3.8) is 0 Å². The molecule has 10 heavy (non-hydrogen) atoms. The zero-order valence-electron chi connectivity index (χ0n) is 5.58. The van der Waals surface area contributed by atoms with Gasteiger partial charge in [-0.05, 0) is 12.1 Å². The number of benzene rings is 1. The summed E-state index contributed by atoms with van der Waals surface area (Å²) < 4.78 is 1.91. The van der Waals surface area contributed by atoms with Gasteiger partial charge in [0.25, 0.3) is 0 Å². The molecule has 0 aliphatic rings. The predicted octanol–water partition coefficient (Wildman–Crippen LogP) is 2.18. The fourth-order valence-corrected chi connectivity index (χ4v) is 0.985. The summed E-state index contributed by atoms with van der Waals surface area (Å²) in [4.78, 5) is 0. The molecule has 0 heterocycles. The van der Waals surface area contributed by atoms with Crippen LogP contribution in [0.15, 0.2) is 24.3 Å². The van der Waals surface area contributed by atoms with Crippen LogP contribution < -0.4 is 3.11 Å². The van der Waals surface area contributed by atoms with Gasteiger partial charge in [-0.25, -0.2) is 0 Å². The molecule has 0 amide bonds. The fraction of sp³-hybridized carbons (Fsp3) is 0.143. The van der Waals surface area contributed by atoms with Gasteiger partial charge in [-0.2, -0.15) is 0 Å². The van der Waals surface area contributed by atoms with Crippen molar-refractivity contribution in [2.24, 2.45) is 0 Å². The van der Waals surface area contributed by atoms with Crippen molar-refractivity contribution in [2.45, 2.75) is 0 Å². The number of rotatable bonds is 1. The zero-order chi connectivity index (χ0) is 7.56. The van der Waals surface area contributed by atoms with Crippen molar-refractivity contribution >= 4 is 28.6 Å². The van der Waals surface area contributed by atoms with Crippen LogP contribution in [-0.2, 0) is 0 Å². The number of aromatic hydroxyl groups is 1. The van der Waals surface area contributed by atoms with Crippen molar-refractivity contribution in [3.8, 4) is 5.75 Å². The van der Waals surface area contributed by atoms with Crippen molar-refractivity contribution in [1.82, 2.24) is 0 Å². The number of phenols is 1. The molecule has 54 valence electrons. The molecule has 1 aromatic rings. The first-order valence-corrected chi connectivity index (χ1v) is 3.85. The molecule has 0 spiro atoms. The third kappa shape index (κ3) is 1.76. The van der Waals surface area contributed by atoms with E-state index in [2.05, 4.69) is 22.9 Å². The number of hydrogen-bond donors (Lipinski definition) is 1. The van der Waals surface area contributed by atoms with Crippen LogP contribution >= 0.6 is 22.9 Å². The topological polar surface area (TPSA) is 23.5 Å². The Bertz CT molecular complexity index is 225. The normalized spacial score (nSPS) is 9.40. The molecule has 1 rings (SSSR count). The second-order valence-corrected chi connectivity index (χ2v) is 3.44. The van der Waals surface area contributed by atoms with E-state index >= 15 is 0 Å². The molecular formula is C7H8INO. The Balaban J connectivity index is 2.96. The number of halogens is 1. The zero-order valence-corrected chi connectivity index (χ0v) is 7.74. The highest BCUT2D eigenvalue weighted by atomic mass is 127. The minimum atomic E-state index is 0.306. The number of phenolic OH excluding ortho intramolecular Hbond substituents is 1. The first kappa shape index (κ1) is 7.65. The quantitative estimate of drug-likeness (QED) is 0.609. The summed E-state index contributed by atoms with van der Waals surface area (Å²) in [5, 5.41) is 9.03.